The molecule has 0 radical (unpaired) electrons. The molecule has 0 aliphatic heterocycles. The molecular weight excluding hydrogens is 378 g/mol. The lowest BCUT2D eigenvalue weighted by atomic mass is 10.2. The predicted molar refractivity (Wildman–Crippen MR) is 100 cm³/mol. The van der Waals surface area contributed by atoms with Crippen molar-refractivity contribution in [3.63, 3.8) is 0 Å². The molecule has 0 aliphatic carbocycles. The van der Waals surface area contributed by atoms with Crippen molar-refractivity contribution >= 4 is 17.5 Å². The number of hydrogen-bond donors (Lipinski definition) is 1. The second-order valence-corrected chi connectivity index (χ2v) is 6.12. The molecule has 0 unspecified atom stereocenters. The van der Waals surface area contributed by atoms with E-state index in [9.17, 15) is 14.9 Å². The van der Waals surface area contributed by atoms with E-state index in [1.165, 1.54) is 23.3 Å². The van der Waals surface area contributed by atoms with Gasteiger partial charge in [-0.1, -0.05) is 30.3 Å². The summed E-state index contributed by atoms with van der Waals surface area (Å²) in [5.74, 6) is 0.156. The monoisotopic (exact) mass is 393 g/mol. The maximum absolute atomic E-state index is 12.3. The highest BCUT2D eigenvalue weighted by Gasteiger charge is 2.15. The maximum Gasteiger partial charge on any atom is 0.307 e. The number of anilines is 1. The fraction of sp³-hybridized carbons (Fsp3) is 0.111. The Kier molecular flexibility index (Phi) is 4.84. The third-order valence-corrected chi connectivity index (χ3v) is 3.98. The number of carbonyl (C=O) groups excluding carboxylic acids is 1. The number of hydrogen-bond acceptors (Lipinski definition) is 7. The molecule has 29 heavy (non-hydrogen) atoms. The number of rotatable bonds is 7. The highest BCUT2D eigenvalue weighted by Crippen LogP contribution is 2.14. The zero-order valence-corrected chi connectivity index (χ0v) is 15.0. The van der Waals surface area contributed by atoms with Gasteiger partial charge in [0.05, 0.1) is 18.0 Å². The van der Waals surface area contributed by atoms with Gasteiger partial charge < -0.3 is 4.42 Å². The minimum atomic E-state index is -0.533. The van der Waals surface area contributed by atoms with Crippen LogP contribution in [0.4, 0.5) is 11.6 Å². The molecule has 0 fully saturated rings. The molecule has 0 bridgehead atoms. The molecule has 1 amide bonds. The van der Waals surface area contributed by atoms with Crippen molar-refractivity contribution in [3.8, 4) is 0 Å². The lowest BCUT2D eigenvalue weighted by Gasteiger charge is -2.00. The standard InChI is InChI=1S/C18H15N7O4/c26-17(21-18-19-12-24(22-18)9-13-4-2-1-3-5-13)16-7-6-15(29-16)11-23-10-14(8-20-23)25(27)28/h1-8,10,12H,9,11H2,(H,21,22,26). The highest BCUT2D eigenvalue weighted by atomic mass is 16.6. The van der Waals surface area contributed by atoms with Gasteiger partial charge in [-0.05, 0) is 17.7 Å². The van der Waals surface area contributed by atoms with Gasteiger partial charge in [0, 0.05) is 0 Å². The predicted octanol–water partition coefficient (Wildman–Crippen LogP) is 2.32. The quantitative estimate of drug-likeness (QED) is 0.376. The van der Waals surface area contributed by atoms with Crippen molar-refractivity contribution in [2.75, 3.05) is 5.32 Å². The third kappa shape index (κ3) is 4.35. The fourth-order valence-corrected chi connectivity index (χ4v) is 2.64. The number of aromatic nitrogens is 5. The molecule has 0 saturated heterocycles. The van der Waals surface area contributed by atoms with Gasteiger partial charge in [-0.2, -0.15) is 5.10 Å². The zero-order chi connectivity index (χ0) is 20.2. The Balaban J connectivity index is 1.37. The van der Waals surface area contributed by atoms with Crippen LogP contribution in [0.25, 0.3) is 0 Å². The number of amides is 1. The molecule has 0 atom stereocenters. The Morgan fingerprint density at radius 3 is 2.72 bits per heavy atom. The van der Waals surface area contributed by atoms with Crippen LogP contribution in [0.5, 0.6) is 0 Å². The fourth-order valence-electron chi connectivity index (χ4n) is 2.64. The number of furan rings is 1. The first-order valence-corrected chi connectivity index (χ1v) is 8.57. The summed E-state index contributed by atoms with van der Waals surface area (Å²) in [6.45, 7) is 0.690. The molecule has 4 aromatic rings. The molecule has 0 spiro atoms. The van der Waals surface area contributed by atoms with E-state index >= 15 is 0 Å². The zero-order valence-electron chi connectivity index (χ0n) is 15.0. The second kappa shape index (κ2) is 7.76. The van der Waals surface area contributed by atoms with Crippen molar-refractivity contribution < 1.29 is 14.1 Å². The minimum Gasteiger partial charge on any atom is -0.454 e. The Labute approximate surface area is 163 Å². The van der Waals surface area contributed by atoms with Crippen LogP contribution >= 0.6 is 0 Å². The van der Waals surface area contributed by atoms with Gasteiger partial charge in [0.2, 0.25) is 5.95 Å². The molecule has 0 aliphatic rings. The molecule has 11 nitrogen and oxygen atoms in total. The van der Waals surface area contributed by atoms with Crippen molar-refractivity contribution in [3.05, 3.63) is 88.4 Å². The van der Waals surface area contributed by atoms with Gasteiger partial charge in [-0.25, -0.2) is 9.67 Å². The molecule has 3 heterocycles. The van der Waals surface area contributed by atoms with Crippen LogP contribution in [0.2, 0.25) is 0 Å². The van der Waals surface area contributed by atoms with Crippen LogP contribution in [-0.2, 0) is 13.1 Å². The first kappa shape index (κ1) is 18.1. The Bertz CT molecular complexity index is 1150. The van der Waals surface area contributed by atoms with E-state index in [-0.39, 0.29) is 23.9 Å². The normalized spacial score (nSPS) is 10.8. The molecule has 4 rings (SSSR count). The van der Waals surface area contributed by atoms with E-state index in [0.29, 0.717) is 12.3 Å². The summed E-state index contributed by atoms with van der Waals surface area (Å²) in [4.78, 5) is 26.6. The molecule has 1 N–H and O–H groups in total. The third-order valence-electron chi connectivity index (χ3n) is 3.98. The summed E-state index contributed by atoms with van der Waals surface area (Å²) in [6, 6.07) is 12.8. The highest BCUT2D eigenvalue weighted by molar-refractivity contribution is 6.01. The largest absolute Gasteiger partial charge is 0.454 e. The summed E-state index contributed by atoms with van der Waals surface area (Å²) in [5, 5.41) is 21.4. The van der Waals surface area contributed by atoms with Gasteiger partial charge in [0.15, 0.2) is 5.76 Å². The van der Waals surface area contributed by atoms with Gasteiger partial charge in [-0.3, -0.25) is 24.9 Å². The van der Waals surface area contributed by atoms with Crippen molar-refractivity contribution in [2.24, 2.45) is 0 Å². The Morgan fingerprint density at radius 2 is 1.97 bits per heavy atom. The first-order chi connectivity index (χ1) is 14.1. The van der Waals surface area contributed by atoms with Crippen LogP contribution in [0, 0.1) is 10.1 Å². The number of nitro groups is 1. The van der Waals surface area contributed by atoms with Gasteiger partial charge >= 0.3 is 5.69 Å². The topological polar surface area (TPSA) is 134 Å². The number of carbonyl (C=O) groups is 1. The summed E-state index contributed by atoms with van der Waals surface area (Å²) in [6.07, 6.45) is 3.96. The number of benzene rings is 1. The maximum atomic E-state index is 12.3. The van der Waals surface area contributed by atoms with Crippen LogP contribution in [-0.4, -0.2) is 35.4 Å². The van der Waals surface area contributed by atoms with Gasteiger partial charge in [0.1, 0.15) is 24.5 Å². The Hall–Kier alpha value is -4.28. The average Bonchev–Trinajstić information content (AvgIpc) is 3.45. The lowest BCUT2D eigenvalue weighted by Crippen LogP contribution is -2.12. The second-order valence-electron chi connectivity index (χ2n) is 6.12. The van der Waals surface area contributed by atoms with Gasteiger partial charge in [0.25, 0.3) is 5.91 Å². The summed E-state index contributed by atoms with van der Waals surface area (Å²) >= 11 is 0. The molecule has 3 aromatic heterocycles. The van der Waals surface area contributed by atoms with E-state index in [0.717, 1.165) is 11.8 Å². The van der Waals surface area contributed by atoms with E-state index in [4.69, 9.17) is 4.42 Å². The van der Waals surface area contributed by atoms with Crippen LogP contribution in [0.1, 0.15) is 21.9 Å². The van der Waals surface area contributed by atoms with Gasteiger partial charge in [-0.15, -0.1) is 5.10 Å². The van der Waals surface area contributed by atoms with E-state index in [2.05, 4.69) is 20.5 Å². The summed E-state index contributed by atoms with van der Waals surface area (Å²) in [5.41, 5.74) is 0.941. The van der Waals surface area contributed by atoms with Crippen molar-refractivity contribution in [1.29, 1.82) is 0 Å². The summed E-state index contributed by atoms with van der Waals surface area (Å²) < 4.78 is 8.46. The minimum absolute atomic E-state index is 0.0704. The first-order valence-electron chi connectivity index (χ1n) is 8.57. The van der Waals surface area contributed by atoms with Crippen molar-refractivity contribution in [2.45, 2.75) is 13.1 Å². The molecular formula is C18H15N7O4. The lowest BCUT2D eigenvalue weighted by molar-refractivity contribution is -0.385. The molecule has 11 heteroatoms. The van der Waals surface area contributed by atoms with Crippen LogP contribution in [0.15, 0.2) is 65.6 Å². The smallest absolute Gasteiger partial charge is 0.307 e. The SMILES string of the molecule is O=C(Nc1ncn(Cc2ccccc2)n1)c1ccc(Cn2cc([N+](=O)[O-])cn2)o1. The summed E-state index contributed by atoms with van der Waals surface area (Å²) in [7, 11) is 0. The Morgan fingerprint density at radius 1 is 1.14 bits per heavy atom. The van der Waals surface area contributed by atoms with E-state index in [1.807, 2.05) is 30.3 Å². The average molecular weight is 393 g/mol. The van der Waals surface area contributed by atoms with Crippen LogP contribution in [0.3, 0.4) is 0 Å². The molecule has 146 valence electrons. The van der Waals surface area contributed by atoms with Crippen molar-refractivity contribution in [1.82, 2.24) is 24.5 Å². The molecule has 0 saturated carbocycles. The number of nitrogens with one attached hydrogen (secondary N) is 1. The molecule has 1 aromatic carbocycles. The van der Waals surface area contributed by atoms with E-state index < -0.39 is 10.8 Å². The van der Waals surface area contributed by atoms with Crippen LogP contribution < -0.4 is 5.32 Å². The number of nitrogens with zero attached hydrogens (tertiary/aromatic N) is 6. The van der Waals surface area contributed by atoms with E-state index in [1.54, 1.807) is 10.7 Å².